The van der Waals surface area contributed by atoms with Crippen molar-refractivity contribution in [3.8, 4) is 0 Å². The van der Waals surface area contributed by atoms with Crippen molar-refractivity contribution in [3.05, 3.63) is 94.7 Å². The van der Waals surface area contributed by atoms with Crippen LogP contribution in [0.5, 0.6) is 0 Å². The molecule has 0 aliphatic carbocycles. The maximum atomic E-state index is 14.2. The van der Waals surface area contributed by atoms with E-state index in [0.717, 1.165) is 28.1 Å². The van der Waals surface area contributed by atoms with Crippen molar-refractivity contribution < 1.29 is 13.6 Å². The van der Waals surface area contributed by atoms with Crippen LogP contribution in [0.4, 0.5) is 14.6 Å². The average molecular weight is 432 g/mol. The highest BCUT2D eigenvalue weighted by molar-refractivity contribution is 6.06. The molecule has 0 radical (unpaired) electrons. The van der Waals surface area contributed by atoms with Crippen LogP contribution in [0.15, 0.2) is 60.7 Å². The van der Waals surface area contributed by atoms with Crippen LogP contribution in [0, 0.1) is 11.6 Å². The van der Waals surface area contributed by atoms with E-state index in [4.69, 9.17) is 0 Å². The highest BCUT2D eigenvalue weighted by Crippen LogP contribution is 2.41. The molecule has 2 N–H and O–H groups in total. The molecule has 0 fully saturated rings. The van der Waals surface area contributed by atoms with Crippen LogP contribution in [0.3, 0.4) is 0 Å². The fraction of sp³-hybridized carbons (Fsp3) is 0.200. The monoisotopic (exact) mass is 432 g/mol. The smallest absolute Gasteiger partial charge is 0.256 e. The van der Waals surface area contributed by atoms with E-state index in [1.54, 1.807) is 12.1 Å². The van der Waals surface area contributed by atoms with E-state index >= 15 is 0 Å². The third kappa shape index (κ3) is 3.35. The topological polar surface area (TPSA) is 61.0 Å². The molecule has 1 aliphatic rings. The second kappa shape index (κ2) is 7.53. The van der Waals surface area contributed by atoms with Crippen LogP contribution < -0.4 is 5.32 Å². The van der Waals surface area contributed by atoms with Gasteiger partial charge in [0.05, 0.1) is 11.2 Å². The van der Waals surface area contributed by atoms with Gasteiger partial charge in [0.1, 0.15) is 0 Å². The fourth-order valence-corrected chi connectivity index (χ4v) is 4.32. The number of hydrogen-bond acceptors (Lipinski definition) is 3. The van der Waals surface area contributed by atoms with Gasteiger partial charge < -0.3 is 5.32 Å². The molecule has 0 saturated heterocycles. The number of anilines is 1. The molecule has 0 atom stereocenters. The Morgan fingerprint density at radius 2 is 1.88 bits per heavy atom. The number of hydrogen-bond donors (Lipinski definition) is 2. The first-order valence-corrected chi connectivity index (χ1v) is 10.4. The normalized spacial score (nSPS) is 15.1. The highest BCUT2D eigenvalue weighted by Gasteiger charge is 2.41. The Morgan fingerprint density at radius 3 is 2.69 bits per heavy atom. The molecule has 1 aliphatic heterocycles. The predicted molar refractivity (Wildman–Crippen MR) is 119 cm³/mol. The summed E-state index contributed by atoms with van der Waals surface area (Å²) in [6.07, 6.45) is 0. The summed E-state index contributed by atoms with van der Waals surface area (Å²) < 4.78 is 27.9. The van der Waals surface area contributed by atoms with E-state index in [1.165, 1.54) is 6.07 Å². The van der Waals surface area contributed by atoms with Gasteiger partial charge in [-0.05, 0) is 42.8 Å². The summed E-state index contributed by atoms with van der Waals surface area (Å²) in [7, 11) is 0. The predicted octanol–water partition coefficient (Wildman–Crippen LogP) is 5.34. The zero-order valence-electron chi connectivity index (χ0n) is 17.7. The number of carbonyl (C=O) groups excluding carboxylic acids is 1. The molecule has 5 rings (SSSR count). The maximum absolute atomic E-state index is 14.2. The number of nitrogens with one attached hydrogen (secondary N) is 2. The molecular formula is C25H22F2N4O. The van der Waals surface area contributed by atoms with E-state index in [1.807, 2.05) is 55.1 Å². The fourth-order valence-electron chi connectivity index (χ4n) is 4.32. The van der Waals surface area contributed by atoms with Gasteiger partial charge in [0, 0.05) is 29.8 Å². The van der Waals surface area contributed by atoms with Crippen molar-refractivity contribution in [2.24, 2.45) is 0 Å². The van der Waals surface area contributed by atoms with Gasteiger partial charge >= 0.3 is 0 Å². The molecule has 32 heavy (non-hydrogen) atoms. The number of carbonyl (C=O) groups is 1. The van der Waals surface area contributed by atoms with Crippen LogP contribution in [0.25, 0.3) is 10.8 Å². The number of amides is 1. The minimum atomic E-state index is -0.858. The average Bonchev–Trinajstić information content (AvgIpc) is 3.29. The number of nitrogens with zero attached hydrogens (tertiary/aromatic N) is 2. The number of rotatable bonds is 4. The Balaban J connectivity index is 1.39. The van der Waals surface area contributed by atoms with Crippen molar-refractivity contribution >= 4 is 22.5 Å². The first kappa shape index (κ1) is 20.3. The molecule has 0 spiro atoms. The molecule has 0 saturated carbocycles. The lowest BCUT2D eigenvalue weighted by molar-refractivity contribution is 0.102. The minimum absolute atomic E-state index is 0.233. The van der Waals surface area contributed by atoms with Crippen LogP contribution in [-0.2, 0) is 18.6 Å². The summed E-state index contributed by atoms with van der Waals surface area (Å²) in [5.74, 6) is -1.49. The molecule has 5 nitrogen and oxygen atoms in total. The second-order valence-electron chi connectivity index (χ2n) is 8.57. The Labute approximate surface area is 184 Å². The minimum Gasteiger partial charge on any atom is -0.305 e. The molecule has 1 aromatic heterocycles. The van der Waals surface area contributed by atoms with Gasteiger partial charge in [-0.1, -0.05) is 42.5 Å². The first-order chi connectivity index (χ1) is 15.3. The molecule has 7 heteroatoms. The zero-order valence-corrected chi connectivity index (χ0v) is 17.7. The Morgan fingerprint density at radius 1 is 1.09 bits per heavy atom. The van der Waals surface area contributed by atoms with E-state index < -0.39 is 17.2 Å². The summed E-state index contributed by atoms with van der Waals surface area (Å²) in [6.45, 7) is 4.66. The van der Waals surface area contributed by atoms with Crippen molar-refractivity contribution in [1.82, 2.24) is 15.1 Å². The van der Waals surface area contributed by atoms with Gasteiger partial charge in [-0.3, -0.25) is 14.8 Å². The van der Waals surface area contributed by atoms with Crippen molar-refractivity contribution in [2.75, 3.05) is 5.32 Å². The largest absolute Gasteiger partial charge is 0.305 e. The lowest BCUT2D eigenvalue weighted by atomic mass is 10.00. The van der Waals surface area contributed by atoms with E-state index in [0.29, 0.717) is 17.9 Å². The third-order valence-corrected chi connectivity index (χ3v) is 6.25. The van der Waals surface area contributed by atoms with Crippen molar-refractivity contribution in [1.29, 1.82) is 0 Å². The quantitative estimate of drug-likeness (QED) is 0.457. The van der Waals surface area contributed by atoms with Crippen molar-refractivity contribution in [3.63, 3.8) is 0 Å². The number of aromatic amines is 1. The maximum Gasteiger partial charge on any atom is 0.256 e. The van der Waals surface area contributed by atoms with Gasteiger partial charge in [-0.25, -0.2) is 8.78 Å². The molecule has 2 heterocycles. The van der Waals surface area contributed by atoms with Crippen LogP contribution in [0.2, 0.25) is 0 Å². The second-order valence-corrected chi connectivity index (χ2v) is 8.57. The summed E-state index contributed by atoms with van der Waals surface area (Å²) in [5, 5.41) is 12.3. The number of H-pyrrole nitrogens is 1. The molecule has 162 valence electrons. The molecule has 3 aromatic carbocycles. The molecule has 1 amide bonds. The van der Waals surface area contributed by atoms with E-state index in [9.17, 15) is 13.6 Å². The highest BCUT2D eigenvalue weighted by atomic mass is 19.2. The van der Waals surface area contributed by atoms with E-state index in [-0.39, 0.29) is 18.0 Å². The number of halogens is 2. The third-order valence-electron chi connectivity index (χ3n) is 6.25. The standard InChI is InChI=1S/C25H22F2N4O/c1-25(2)22-19(14-31(25)13-18-8-5-9-20(26)21(18)27)23(30-29-22)28-24(32)17-11-10-15-6-3-4-7-16(15)12-17/h3-12H,13-14H2,1-2H3,(H2,28,29,30,32). The lowest BCUT2D eigenvalue weighted by Gasteiger charge is -2.31. The molecule has 0 bridgehead atoms. The number of fused-ring (bicyclic) bond motifs is 2. The Kier molecular flexibility index (Phi) is 4.78. The Bertz CT molecular complexity index is 1350. The summed E-state index contributed by atoms with van der Waals surface area (Å²) >= 11 is 0. The molecular weight excluding hydrogens is 410 g/mol. The van der Waals surface area contributed by atoms with Gasteiger partial charge in [0.25, 0.3) is 5.91 Å². The summed E-state index contributed by atoms with van der Waals surface area (Å²) in [4.78, 5) is 14.9. The van der Waals surface area contributed by atoms with Gasteiger partial charge in [-0.2, -0.15) is 5.10 Å². The number of aromatic nitrogens is 2. The first-order valence-electron chi connectivity index (χ1n) is 10.4. The SMILES string of the molecule is CC1(C)c2[nH]nc(NC(=O)c3ccc4ccccc4c3)c2CN1Cc1cccc(F)c1F. The van der Waals surface area contributed by atoms with Gasteiger partial charge in [0.15, 0.2) is 17.5 Å². The summed E-state index contributed by atoms with van der Waals surface area (Å²) in [5.41, 5.74) is 2.03. The van der Waals surface area contributed by atoms with Crippen LogP contribution in [0.1, 0.15) is 41.0 Å². The number of benzene rings is 3. The molecule has 4 aromatic rings. The summed E-state index contributed by atoms with van der Waals surface area (Å²) in [6, 6.07) is 17.6. The van der Waals surface area contributed by atoms with Gasteiger partial charge in [0.2, 0.25) is 0 Å². The zero-order chi connectivity index (χ0) is 22.5. The van der Waals surface area contributed by atoms with Crippen molar-refractivity contribution in [2.45, 2.75) is 32.5 Å². The van der Waals surface area contributed by atoms with Gasteiger partial charge in [-0.15, -0.1) is 0 Å². The van der Waals surface area contributed by atoms with Crippen LogP contribution >= 0.6 is 0 Å². The Hall–Kier alpha value is -3.58. The van der Waals surface area contributed by atoms with E-state index in [2.05, 4.69) is 15.5 Å². The lowest BCUT2D eigenvalue weighted by Crippen LogP contribution is -2.35. The van der Waals surface area contributed by atoms with Crippen LogP contribution in [-0.4, -0.2) is 21.0 Å². The molecule has 0 unspecified atom stereocenters.